The molecule has 6 heteroatoms. The summed E-state index contributed by atoms with van der Waals surface area (Å²) >= 11 is 0. The van der Waals surface area contributed by atoms with Crippen molar-refractivity contribution in [3.63, 3.8) is 0 Å². The fraction of sp³-hybridized carbons (Fsp3) is 0.689. The molecule has 0 aliphatic carbocycles. The number of esters is 3. The standard InChI is InChI=1S/C74H124O6/c1-4-7-10-13-16-19-22-24-26-28-30-31-32-33-34-35-36-37-38-39-40-41-42-43-45-46-48-50-52-55-58-61-64-67-73(76)79-70-71(69-78-72(75)66-63-60-57-54-21-18-15-12-9-6-3)80-74(77)68-65-62-59-56-53-51-49-47-44-29-27-25-23-20-17-14-11-8-5-2/h7,10,16,19,24-27,30-31,33-34,36-37,39-40,42-43,46,48,71H,4-6,8-9,11-15,17-18,20-23,28-29,32,35,38,41,44-45,47,49-70H2,1-3H3/b10-7-,19-16-,26-24-,27-25-,31-30-,34-33-,37-36-,40-39-,43-42-,48-46-. The van der Waals surface area contributed by atoms with Gasteiger partial charge in [-0.1, -0.05) is 296 Å². The lowest BCUT2D eigenvalue weighted by atomic mass is 10.1. The third-order valence-corrected chi connectivity index (χ3v) is 14.2. The van der Waals surface area contributed by atoms with E-state index in [2.05, 4.69) is 142 Å². The highest BCUT2D eigenvalue weighted by molar-refractivity contribution is 5.71. The summed E-state index contributed by atoms with van der Waals surface area (Å²) in [5.74, 6) is -0.900. The molecule has 0 aliphatic rings. The fourth-order valence-corrected chi connectivity index (χ4v) is 9.20. The van der Waals surface area contributed by atoms with Crippen LogP contribution in [0.3, 0.4) is 0 Å². The molecule has 0 aromatic carbocycles. The minimum atomic E-state index is -0.788. The Morgan fingerprint density at radius 1 is 0.263 bits per heavy atom. The molecule has 0 aliphatic heterocycles. The van der Waals surface area contributed by atoms with E-state index < -0.39 is 6.10 Å². The third kappa shape index (κ3) is 64.6. The quantitative estimate of drug-likeness (QED) is 0.0261. The second-order valence-corrected chi connectivity index (χ2v) is 22.0. The molecule has 0 amide bonds. The van der Waals surface area contributed by atoms with Gasteiger partial charge in [0.15, 0.2) is 6.10 Å². The van der Waals surface area contributed by atoms with Crippen molar-refractivity contribution in [3.8, 4) is 0 Å². The van der Waals surface area contributed by atoms with Crippen LogP contribution in [0.2, 0.25) is 0 Å². The molecule has 0 bridgehead atoms. The molecule has 0 radical (unpaired) electrons. The molecule has 0 spiro atoms. The van der Waals surface area contributed by atoms with Gasteiger partial charge in [0.05, 0.1) is 0 Å². The van der Waals surface area contributed by atoms with Gasteiger partial charge in [-0.25, -0.2) is 0 Å². The molecule has 0 fully saturated rings. The van der Waals surface area contributed by atoms with Gasteiger partial charge in [0, 0.05) is 19.3 Å². The summed E-state index contributed by atoms with van der Waals surface area (Å²) < 4.78 is 16.9. The van der Waals surface area contributed by atoms with Crippen LogP contribution in [0, 0.1) is 0 Å². The van der Waals surface area contributed by atoms with Gasteiger partial charge in [0.1, 0.15) is 13.2 Å². The molecule has 0 heterocycles. The van der Waals surface area contributed by atoms with Crippen molar-refractivity contribution in [3.05, 3.63) is 122 Å². The molecule has 0 saturated carbocycles. The maximum atomic E-state index is 12.9. The van der Waals surface area contributed by atoms with E-state index in [1.807, 2.05) is 0 Å². The summed E-state index contributed by atoms with van der Waals surface area (Å²) in [5.41, 5.74) is 0. The molecule has 0 rings (SSSR count). The number of allylic oxidation sites excluding steroid dienone is 20. The Hall–Kier alpha value is -4.19. The first-order valence-electron chi connectivity index (χ1n) is 33.5. The topological polar surface area (TPSA) is 78.9 Å². The maximum Gasteiger partial charge on any atom is 0.306 e. The van der Waals surface area contributed by atoms with E-state index in [0.29, 0.717) is 19.3 Å². The molecule has 1 atom stereocenters. The lowest BCUT2D eigenvalue weighted by molar-refractivity contribution is -0.167. The summed E-state index contributed by atoms with van der Waals surface area (Å²) in [6, 6.07) is 0. The van der Waals surface area contributed by atoms with Crippen LogP contribution in [-0.4, -0.2) is 37.2 Å². The van der Waals surface area contributed by atoms with Crippen LogP contribution in [0.4, 0.5) is 0 Å². The van der Waals surface area contributed by atoms with Crippen LogP contribution in [-0.2, 0) is 28.6 Å². The molecule has 80 heavy (non-hydrogen) atoms. The van der Waals surface area contributed by atoms with E-state index in [4.69, 9.17) is 14.2 Å². The zero-order chi connectivity index (χ0) is 57.8. The number of carbonyl (C=O) groups is 3. The smallest absolute Gasteiger partial charge is 0.306 e. The molecule has 0 aromatic heterocycles. The van der Waals surface area contributed by atoms with Gasteiger partial charge in [-0.3, -0.25) is 14.4 Å². The van der Waals surface area contributed by atoms with Crippen LogP contribution in [0.5, 0.6) is 0 Å². The lowest BCUT2D eigenvalue weighted by Gasteiger charge is -2.18. The number of rotatable bonds is 60. The Kier molecular flexibility index (Phi) is 63.8. The van der Waals surface area contributed by atoms with Crippen LogP contribution in [0.25, 0.3) is 0 Å². The third-order valence-electron chi connectivity index (χ3n) is 14.2. The Morgan fingerprint density at radius 2 is 0.487 bits per heavy atom. The Labute approximate surface area is 494 Å². The number of unbranched alkanes of at least 4 members (excludes halogenated alkanes) is 29. The summed E-state index contributed by atoms with van der Waals surface area (Å²) in [6.45, 7) is 6.51. The van der Waals surface area contributed by atoms with Crippen molar-refractivity contribution < 1.29 is 28.6 Å². The van der Waals surface area contributed by atoms with E-state index in [0.717, 1.165) is 135 Å². The largest absolute Gasteiger partial charge is 0.462 e. The molecular weight excluding hydrogens is 985 g/mol. The Balaban J connectivity index is 4.27. The first-order valence-corrected chi connectivity index (χ1v) is 33.5. The van der Waals surface area contributed by atoms with Crippen molar-refractivity contribution in [2.45, 2.75) is 316 Å². The monoisotopic (exact) mass is 1110 g/mol. The van der Waals surface area contributed by atoms with Crippen LogP contribution >= 0.6 is 0 Å². The first kappa shape index (κ1) is 75.8. The van der Waals surface area contributed by atoms with Gasteiger partial charge >= 0.3 is 17.9 Å². The minimum absolute atomic E-state index is 0.0838. The van der Waals surface area contributed by atoms with Gasteiger partial charge in [0.2, 0.25) is 0 Å². The van der Waals surface area contributed by atoms with Crippen molar-refractivity contribution in [2.75, 3.05) is 13.2 Å². The first-order chi connectivity index (χ1) is 39.5. The second kappa shape index (κ2) is 67.3. The maximum absolute atomic E-state index is 12.9. The van der Waals surface area contributed by atoms with E-state index in [1.165, 1.54) is 135 Å². The van der Waals surface area contributed by atoms with Crippen molar-refractivity contribution in [1.82, 2.24) is 0 Å². The van der Waals surface area contributed by atoms with Gasteiger partial charge in [-0.05, 0) is 116 Å². The van der Waals surface area contributed by atoms with E-state index in [1.54, 1.807) is 0 Å². The van der Waals surface area contributed by atoms with E-state index >= 15 is 0 Å². The Morgan fingerprint density at radius 3 is 0.775 bits per heavy atom. The number of hydrogen-bond donors (Lipinski definition) is 0. The lowest BCUT2D eigenvalue weighted by Crippen LogP contribution is -2.30. The average Bonchev–Trinajstić information content (AvgIpc) is 3.46. The zero-order valence-electron chi connectivity index (χ0n) is 52.3. The molecule has 6 nitrogen and oxygen atoms in total. The van der Waals surface area contributed by atoms with Crippen LogP contribution < -0.4 is 0 Å². The molecule has 0 aromatic rings. The van der Waals surface area contributed by atoms with Gasteiger partial charge in [-0.2, -0.15) is 0 Å². The molecule has 0 saturated heterocycles. The normalized spacial score (nSPS) is 12.9. The minimum Gasteiger partial charge on any atom is -0.462 e. The van der Waals surface area contributed by atoms with Gasteiger partial charge in [0.25, 0.3) is 0 Å². The highest BCUT2D eigenvalue weighted by Crippen LogP contribution is 2.16. The fourth-order valence-electron chi connectivity index (χ4n) is 9.20. The molecular formula is C74H124O6. The molecule has 0 N–H and O–H groups in total. The highest BCUT2D eigenvalue weighted by Gasteiger charge is 2.19. The van der Waals surface area contributed by atoms with Crippen molar-refractivity contribution >= 4 is 17.9 Å². The zero-order valence-corrected chi connectivity index (χ0v) is 52.3. The number of carbonyl (C=O) groups excluding carboxylic acids is 3. The van der Waals surface area contributed by atoms with E-state index in [9.17, 15) is 14.4 Å². The predicted molar refractivity (Wildman–Crippen MR) is 348 cm³/mol. The highest BCUT2D eigenvalue weighted by atomic mass is 16.6. The molecule has 456 valence electrons. The van der Waals surface area contributed by atoms with Crippen LogP contribution in [0.15, 0.2) is 122 Å². The second-order valence-electron chi connectivity index (χ2n) is 22.0. The molecule has 1 unspecified atom stereocenters. The average molecular weight is 1110 g/mol. The van der Waals surface area contributed by atoms with Crippen LogP contribution in [0.1, 0.15) is 310 Å². The van der Waals surface area contributed by atoms with Gasteiger partial charge in [-0.15, -0.1) is 0 Å². The van der Waals surface area contributed by atoms with Crippen molar-refractivity contribution in [1.29, 1.82) is 0 Å². The number of ether oxygens (including phenoxy) is 3. The SMILES string of the molecule is CC/C=C\C/C=C\C/C=C\C/C=C\C/C=C\C/C=C\C/C=C\C/C=C\C/C=C\CCCCCCCC(=O)OCC(COC(=O)CCCCCCCCCCCC)OC(=O)CCCCCCCCCCC/C=C\CCCCCCCC. The van der Waals surface area contributed by atoms with Gasteiger partial charge < -0.3 is 14.2 Å². The summed E-state index contributed by atoms with van der Waals surface area (Å²) in [4.78, 5) is 38.3. The number of hydrogen-bond acceptors (Lipinski definition) is 6. The summed E-state index contributed by atoms with van der Waals surface area (Å²) in [6.07, 6.45) is 93.6. The van der Waals surface area contributed by atoms with Crippen molar-refractivity contribution in [2.24, 2.45) is 0 Å². The summed E-state index contributed by atoms with van der Waals surface area (Å²) in [7, 11) is 0. The predicted octanol–water partition coefficient (Wildman–Crippen LogP) is 23.2. The Bertz CT molecular complexity index is 1650. The summed E-state index contributed by atoms with van der Waals surface area (Å²) in [5, 5.41) is 0. The van der Waals surface area contributed by atoms with E-state index in [-0.39, 0.29) is 31.1 Å².